The first-order valence-corrected chi connectivity index (χ1v) is 7.93. The number of methoxy groups -OCH3 is 1. The van der Waals surface area contributed by atoms with Crippen LogP contribution in [0.4, 0.5) is 5.82 Å². The number of hydrogen-bond acceptors (Lipinski definition) is 6. The van der Waals surface area contributed by atoms with Gasteiger partial charge in [-0.1, -0.05) is 17.7 Å². The van der Waals surface area contributed by atoms with Crippen molar-refractivity contribution in [1.29, 1.82) is 0 Å². The molecule has 0 fully saturated rings. The number of esters is 1. The monoisotopic (exact) mass is 332 g/mol. The van der Waals surface area contributed by atoms with E-state index in [4.69, 9.17) is 11.6 Å². The topological polar surface area (TPSA) is 85.4 Å². The molecule has 0 aromatic carbocycles. The van der Waals surface area contributed by atoms with Gasteiger partial charge in [-0.25, -0.2) is 18.2 Å². The Morgan fingerprint density at radius 3 is 2.80 bits per heavy atom. The number of aromatic nitrogens is 1. The number of pyridine rings is 1. The second kappa shape index (κ2) is 5.78. The molecule has 1 N–H and O–H groups in total. The lowest BCUT2D eigenvalue weighted by atomic mass is 10.5. The molecule has 0 aliphatic carbocycles. The van der Waals surface area contributed by atoms with Crippen molar-refractivity contribution in [3.63, 3.8) is 0 Å². The number of hydrogen-bond donors (Lipinski definition) is 1. The fourth-order valence-corrected chi connectivity index (χ4v) is 4.13. The van der Waals surface area contributed by atoms with Crippen LogP contribution in [-0.4, -0.2) is 26.5 Å². The minimum absolute atomic E-state index is 0.0825. The van der Waals surface area contributed by atoms with Gasteiger partial charge in [0.05, 0.1) is 11.4 Å². The molecule has 0 saturated heterocycles. The van der Waals surface area contributed by atoms with E-state index in [9.17, 15) is 13.2 Å². The van der Waals surface area contributed by atoms with Crippen molar-refractivity contribution in [2.24, 2.45) is 0 Å². The van der Waals surface area contributed by atoms with Gasteiger partial charge < -0.3 is 4.74 Å². The molecule has 106 valence electrons. The van der Waals surface area contributed by atoms with Crippen LogP contribution in [0.1, 0.15) is 9.67 Å². The van der Waals surface area contributed by atoms with Gasteiger partial charge in [0.25, 0.3) is 10.0 Å². The van der Waals surface area contributed by atoms with Crippen LogP contribution in [0.15, 0.2) is 35.4 Å². The summed E-state index contributed by atoms with van der Waals surface area (Å²) < 4.78 is 31.5. The van der Waals surface area contributed by atoms with Crippen molar-refractivity contribution < 1.29 is 17.9 Å². The quantitative estimate of drug-likeness (QED) is 0.869. The fourth-order valence-electron chi connectivity index (χ4n) is 1.40. The average Bonchev–Trinajstić information content (AvgIpc) is 2.81. The SMILES string of the molecule is COC(=O)c1sc(Cl)cc1S(=O)(=O)Nc1ccccn1. The lowest BCUT2D eigenvalue weighted by Gasteiger charge is -2.06. The van der Waals surface area contributed by atoms with E-state index in [1.807, 2.05) is 0 Å². The minimum atomic E-state index is -3.97. The van der Waals surface area contributed by atoms with Crippen LogP contribution < -0.4 is 4.72 Å². The minimum Gasteiger partial charge on any atom is -0.465 e. The first-order valence-electron chi connectivity index (χ1n) is 5.25. The molecule has 2 aromatic heterocycles. The van der Waals surface area contributed by atoms with Gasteiger partial charge in [-0.2, -0.15) is 0 Å². The molecule has 20 heavy (non-hydrogen) atoms. The van der Waals surface area contributed by atoms with Gasteiger partial charge >= 0.3 is 5.97 Å². The summed E-state index contributed by atoms with van der Waals surface area (Å²) in [4.78, 5) is 15.1. The third-order valence-corrected chi connectivity index (χ3v) is 4.98. The second-order valence-corrected chi connectivity index (χ2v) is 6.89. The molecule has 9 heteroatoms. The Hall–Kier alpha value is -1.64. The summed E-state index contributed by atoms with van der Waals surface area (Å²) in [6.07, 6.45) is 1.44. The van der Waals surface area contributed by atoms with Crippen molar-refractivity contribution >= 4 is 44.7 Å². The lowest BCUT2D eigenvalue weighted by Crippen LogP contribution is -2.16. The molecule has 6 nitrogen and oxygen atoms in total. The van der Waals surface area contributed by atoms with Crippen LogP contribution in [0.3, 0.4) is 0 Å². The zero-order valence-corrected chi connectivity index (χ0v) is 12.6. The molecule has 0 radical (unpaired) electrons. The molecular weight excluding hydrogens is 324 g/mol. The van der Waals surface area contributed by atoms with Crippen LogP contribution in [0.2, 0.25) is 4.34 Å². The van der Waals surface area contributed by atoms with E-state index in [1.54, 1.807) is 12.1 Å². The van der Waals surface area contributed by atoms with Crippen LogP contribution in [0.25, 0.3) is 0 Å². The number of carbonyl (C=O) groups is 1. The van der Waals surface area contributed by atoms with Crippen LogP contribution in [-0.2, 0) is 14.8 Å². The van der Waals surface area contributed by atoms with Crippen LogP contribution in [0, 0.1) is 0 Å². The number of ether oxygens (including phenoxy) is 1. The standard InChI is InChI=1S/C11H9ClN2O4S2/c1-18-11(15)10-7(6-8(12)19-10)20(16,17)14-9-4-2-3-5-13-9/h2-6H,1H3,(H,13,14). The lowest BCUT2D eigenvalue weighted by molar-refractivity contribution is 0.0602. The third-order valence-electron chi connectivity index (χ3n) is 2.23. The average molecular weight is 333 g/mol. The Kier molecular flexibility index (Phi) is 4.26. The number of thiophene rings is 1. The van der Waals surface area contributed by atoms with E-state index in [0.717, 1.165) is 11.3 Å². The largest absolute Gasteiger partial charge is 0.465 e. The summed E-state index contributed by atoms with van der Waals surface area (Å²) in [5.41, 5.74) is 0. The maximum Gasteiger partial charge on any atom is 0.349 e. The van der Waals surface area contributed by atoms with Crippen LogP contribution >= 0.6 is 22.9 Å². The highest BCUT2D eigenvalue weighted by Crippen LogP contribution is 2.31. The molecule has 2 aromatic rings. The van der Waals surface area contributed by atoms with Gasteiger partial charge in [0.2, 0.25) is 0 Å². The number of anilines is 1. The summed E-state index contributed by atoms with van der Waals surface area (Å²) in [5.74, 6) is -0.617. The Balaban J connectivity index is 2.42. The first kappa shape index (κ1) is 14.8. The summed E-state index contributed by atoms with van der Waals surface area (Å²) in [6.45, 7) is 0. The Morgan fingerprint density at radius 1 is 1.45 bits per heavy atom. The number of carbonyl (C=O) groups excluding carboxylic acids is 1. The zero-order chi connectivity index (χ0) is 14.8. The van der Waals surface area contributed by atoms with Gasteiger partial charge in [0.1, 0.15) is 15.6 Å². The van der Waals surface area contributed by atoms with Crippen molar-refractivity contribution in [3.05, 3.63) is 39.7 Å². The Bertz CT molecular complexity index is 728. The van der Waals surface area contributed by atoms with E-state index in [1.165, 1.54) is 25.4 Å². The number of nitrogens with zero attached hydrogens (tertiary/aromatic N) is 1. The van der Waals surface area contributed by atoms with Crippen LogP contribution in [0.5, 0.6) is 0 Å². The van der Waals surface area contributed by atoms with Crippen molar-refractivity contribution in [3.8, 4) is 0 Å². The molecule has 2 rings (SSSR count). The number of sulfonamides is 1. The van der Waals surface area contributed by atoms with Crippen molar-refractivity contribution in [2.75, 3.05) is 11.8 Å². The van der Waals surface area contributed by atoms with E-state index in [2.05, 4.69) is 14.4 Å². The second-order valence-electron chi connectivity index (χ2n) is 3.56. The summed E-state index contributed by atoms with van der Waals surface area (Å²) in [6, 6.07) is 5.97. The van der Waals surface area contributed by atoms with Crippen molar-refractivity contribution in [2.45, 2.75) is 4.90 Å². The summed E-state index contributed by atoms with van der Waals surface area (Å²) in [7, 11) is -2.80. The Morgan fingerprint density at radius 2 is 2.20 bits per heavy atom. The molecule has 0 aliphatic heterocycles. The maximum atomic E-state index is 12.2. The number of rotatable bonds is 4. The molecular formula is C11H9ClN2O4S2. The molecule has 0 amide bonds. The van der Waals surface area contributed by atoms with E-state index >= 15 is 0 Å². The predicted molar refractivity (Wildman–Crippen MR) is 75.7 cm³/mol. The summed E-state index contributed by atoms with van der Waals surface area (Å²) in [5, 5.41) is 0. The third kappa shape index (κ3) is 3.09. The van der Waals surface area contributed by atoms with Gasteiger partial charge in [0.15, 0.2) is 0 Å². The number of halogens is 1. The van der Waals surface area contributed by atoms with Gasteiger partial charge in [0, 0.05) is 6.20 Å². The smallest absolute Gasteiger partial charge is 0.349 e. The number of nitrogens with one attached hydrogen (secondary N) is 1. The molecule has 0 aliphatic rings. The molecule has 2 heterocycles. The molecule has 0 spiro atoms. The van der Waals surface area contributed by atoms with E-state index in [0.29, 0.717) is 0 Å². The predicted octanol–water partition coefficient (Wildman–Crippen LogP) is 2.38. The van der Waals surface area contributed by atoms with Gasteiger partial charge in [-0.05, 0) is 18.2 Å². The first-order chi connectivity index (χ1) is 9.44. The van der Waals surface area contributed by atoms with Gasteiger partial charge in [-0.15, -0.1) is 11.3 Å². The van der Waals surface area contributed by atoms with E-state index in [-0.39, 0.29) is 19.9 Å². The molecule has 0 bridgehead atoms. The van der Waals surface area contributed by atoms with E-state index < -0.39 is 16.0 Å². The van der Waals surface area contributed by atoms with Crippen molar-refractivity contribution in [1.82, 2.24) is 4.98 Å². The fraction of sp³-hybridized carbons (Fsp3) is 0.0909. The highest BCUT2D eigenvalue weighted by atomic mass is 35.5. The Labute approximate surface area is 124 Å². The zero-order valence-electron chi connectivity index (χ0n) is 10.2. The van der Waals surface area contributed by atoms with Gasteiger partial charge in [-0.3, -0.25) is 4.72 Å². The maximum absolute atomic E-state index is 12.2. The summed E-state index contributed by atoms with van der Waals surface area (Å²) >= 11 is 6.61. The molecule has 0 atom stereocenters. The normalized spacial score (nSPS) is 11.1. The molecule has 0 unspecified atom stereocenters. The highest BCUT2D eigenvalue weighted by Gasteiger charge is 2.26. The molecule has 0 saturated carbocycles. The highest BCUT2D eigenvalue weighted by molar-refractivity contribution is 7.93.